The molecule has 2 aromatic carbocycles. The van der Waals surface area contributed by atoms with Crippen molar-refractivity contribution >= 4 is 34.6 Å². The average molecular weight is 452 g/mol. The second-order valence-corrected chi connectivity index (χ2v) is 8.36. The number of methoxy groups -OCH3 is 2. The normalized spacial score (nSPS) is 13.8. The van der Waals surface area contributed by atoms with E-state index < -0.39 is 0 Å². The Hall–Kier alpha value is -3.52. The third kappa shape index (κ3) is 4.86. The summed E-state index contributed by atoms with van der Waals surface area (Å²) in [7, 11) is 3.22. The van der Waals surface area contributed by atoms with Gasteiger partial charge in [0.25, 0.3) is 5.91 Å². The fraction of sp³-hybridized carbons (Fsp3) is 0.250. The van der Waals surface area contributed by atoms with Crippen LogP contribution in [0.4, 0.5) is 16.2 Å². The zero-order valence-electron chi connectivity index (χ0n) is 18.0. The Morgan fingerprint density at radius 1 is 1.03 bits per heavy atom. The van der Waals surface area contributed by atoms with Crippen molar-refractivity contribution in [3.05, 3.63) is 70.4 Å². The number of thiophene rings is 1. The second-order valence-electron chi connectivity index (χ2n) is 7.41. The van der Waals surface area contributed by atoms with E-state index in [1.54, 1.807) is 25.2 Å². The van der Waals surface area contributed by atoms with Crippen molar-refractivity contribution in [3.8, 4) is 11.5 Å². The van der Waals surface area contributed by atoms with Crippen LogP contribution in [0.2, 0.25) is 0 Å². The standard InChI is InChI=1S/C24H25N3O4S/c1-30-20-12-17(13-21(15-20)31-2)16-26-9-5-10-27(24(26)29)19-7-3-6-18(14-19)25-23(28)22-8-4-11-32-22/h3-4,6-8,11-15H,5,9-10,16H2,1-2H3,(H,25,28). The van der Waals surface area contributed by atoms with Crippen LogP contribution in [-0.4, -0.2) is 44.1 Å². The lowest BCUT2D eigenvalue weighted by Crippen LogP contribution is -2.49. The quantitative estimate of drug-likeness (QED) is 0.557. The Kier molecular flexibility index (Phi) is 6.61. The van der Waals surface area contributed by atoms with Gasteiger partial charge < -0.3 is 19.7 Å². The van der Waals surface area contributed by atoms with Gasteiger partial charge in [-0.2, -0.15) is 0 Å². The second kappa shape index (κ2) is 9.74. The van der Waals surface area contributed by atoms with Gasteiger partial charge in [-0.1, -0.05) is 12.1 Å². The minimum atomic E-state index is -0.157. The first-order valence-electron chi connectivity index (χ1n) is 10.3. The molecule has 1 saturated heterocycles. The molecule has 4 rings (SSSR count). The van der Waals surface area contributed by atoms with Crippen LogP contribution in [0.15, 0.2) is 60.0 Å². The van der Waals surface area contributed by atoms with Crippen LogP contribution in [0.5, 0.6) is 11.5 Å². The number of carbonyl (C=O) groups is 2. The van der Waals surface area contributed by atoms with E-state index in [-0.39, 0.29) is 11.9 Å². The first-order valence-corrected chi connectivity index (χ1v) is 11.2. The number of anilines is 2. The molecule has 3 amide bonds. The maximum atomic E-state index is 13.3. The number of ether oxygens (including phenoxy) is 2. The Morgan fingerprint density at radius 3 is 2.50 bits per heavy atom. The largest absolute Gasteiger partial charge is 0.497 e. The van der Waals surface area contributed by atoms with Crippen molar-refractivity contribution in [3.63, 3.8) is 0 Å². The number of amides is 3. The van der Waals surface area contributed by atoms with Gasteiger partial charge in [-0.15, -0.1) is 11.3 Å². The van der Waals surface area contributed by atoms with E-state index in [2.05, 4.69) is 5.32 Å². The number of hydrogen-bond donors (Lipinski definition) is 1. The number of urea groups is 1. The maximum Gasteiger partial charge on any atom is 0.324 e. The number of rotatable bonds is 7. The molecular formula is C24H25N3O4S. The molecule has 0 unspecified atom stereocenters. The highest BCUT2D eigenvalue weighted by Crippen LogP contribution is 2.27. The van der Waals surface area contributed by atoms with Gasteiger partial charge in [0.15, 0.2) is 0 Å². The lowest BCUT2D eigenvalue weighted by atomic mass is 10.1. The molecule has 0 aliphatic carbocycles. The van der Waals surface area contributed by atoms with Crippen LogP contribution in [0, 0.1) is 0 Å². The molecule has 1 aromatic heterocycles. The van der Waals surface area contributed by atoms with Gasteiger partial charge in [-0.3, -0.25) is 9.69 Å². The summed E-state index contributed by atoms with van der Waals surface area (Å²) in [6.07, 6.45) is 0.846. The molecule has 7 nitrogen and oxygen atoms in total. The lowest BCUT2D eigenvalue weighted by Gasteiger charge is -2.36. The minimum absolute atomic E-state index is 0.0697. The predicted molar refractivity (Wildman–Crippen MR) is 126 cm³/mol. The van der Waals surface area contributed by atoms with E-state index >= 15 is 0 Å². The number of benzene rings is 2. The highest BCUT2D eigenvalue weighted by Gasteiger charge is 2.27. The monoisotopic (exact) mass is 451 g/mol. The predicted octanol–water partition coefficient (Wildman–Crippen LogP) is 4.85. The van der Waals surface area contributed by atoms with Crippen molar-refractivity contribution < 1.29 is 19.1 Å². The molecule has 0 spiro atoms. The molecule has 2 heterocycles. The topological polar surface area (TPSA) is 71.1 Å². The molecule has 166 valence electrons. The van der Waals surface area contributed by atoms with Gasteiger partial charge in [0.2, 0.25) is 0 Å². The number of nitrogens with zero attached hydrogens (tertiary/aromatic N) is 2. The zero-order valence-corrected chi connectivity index (χ0v) is 18.9. The van der Waals surface area contributed by atoms with Crippen LogP contribution in [0.1, 0.15) is 21.7 Å². The minimum Gasteiger partial charge on any atom is -0.497 e. The molecule has 0 radical (unpaired) electrons. The van der Waals surface area contributed by atoms with Crippen LogP contribution >= 0.6 is 11.3 Å². The third-order valence-electron chi connectivity index (χ3n) is 5.26. The van der Waals surface area contributed by atoms with Gasteiger partial charge in [0, 0.05) is 37.1 Å². The molecule has 32 heavy (non-hydrogen) atoms. The maximum absolute atomic E-state index is 13.3. The molecule has 0 bridgehead atoms. The Balaban J connectivity index is 1.49. The van der Waals surface area contributed by atoms with E-state index in [4.69, 9.17) is 9.47 Å². The fourth-order valence-electron chi connectivity index (χ4n) is 3.70. The van der Waals surface area contributed by atoms with E-state index in [9.17, 15) is 9.59 Å². The molecule has 3 aromatic rings. The summed E-state index contributed by atoms with van der Waals surface area (Å²) in [6.45, 7) is 1.75. The Labute approximate surface area is 191 Å². The highest BCUT2D eigenvalue weighted by atomic mass is 32.1. The van der Waals surface area contributed by atoms with Crippen LogP contribution in [0.25, 0.3) is 0 Å². The Bertz CT molecular complexity index is 1080. The van der Waals surface area contributed by atoms with Gasteiger partial charge in [0.1, 0.15) is 11.5 Å². The van der Waals surface area contributed by atoms with E-state index in [0.29, 0.717) is 41.7 Å². The van der Waals surface area contributed by atoms with E-state index in [0.717, 1.165) is 17.7 Å². The van der Waals surface area contributed by atoms with Crippen LogP contribution in [-0.2, 0) is 6.54 Å². The third-order valence-corrected chi connectivity index (χ3v) is 6.13. The summed E-state index contributed by atoms with van der Waals surface area (Å²) in [5, 5.41) is 4.77. The van der Waals surface area contributed by atoms with Gasteiger partial charge in [0.05, 0.1) is 19.1 Å². The summed E-state index contributed by atoms with van der Waals surface area (Å²) in [4.78, 5) is 29.8. The highest BCUT2D eigenvalue weighted by molar-refractivity contribution is 7.12. The van der Waals surface area contributed by atoms with Crippen LogP contribution in [0.3, 0.4) is 0 Å². The van der Waals surface area contributed by atoms with Crippen molar-refractivity contribution in [2.24, 2.45) is 0 Å². The van der Waals surface area contributed by atoms with Crippen molar-refractivity contribution in [2.75, 3.05) is 37.5 Å². The fourth-order valence-corrected chi connectivity index (χ4v) is 4.32. The van der Waals surface area contributed by atoms with Gasteiger partial charge in [-0.05, 0) is 53.8 Å². The summed E-state index contributed by atoms with van der Waals surface area (Å²) in [6, 6.07) is 16.6. The first-order chi connectivity index (χ1) is 15.6. The van der Waals surface area contributed by atoms with Gasteiger partial charge in [-0.25, -0.2) is 4.79 Å². The lowest BCUT2D eigenvalue weighted by molar-refractivity contribution is 0.103. The summed E-state index contributed by atoms with van der Waals surface area (Å²) < 4.78 is 10.7. The first kappa shape index (κ1) is 21.7. The number of nitrogens with one attached hydrogen (secondary N) is 1. The van der Waals surface area contributed by atoms with Crippen molar-refractivity contribution in [1.82, 2.24) is 4.90 Å². The molecule has 1 aliphatic rings. The zero-order chi connectivity index (χ0) is 22.5. The van der Waals surface area contributed by atoms with E-state index in [1.807, 2.05) is 58.8 Å². The van der Waals surface area contributed by atoms with Gasteiger partial charge >= 0.3 is 6.03 Å². The molecule has 0 saturated carbocycles. The smallest absolute Gasteiger partial charge is 0.324 e. The summed E-state index contributed by atoms with van der Waals surface area (Å²) in [5.41, 5.74) is 2.35. The molecule has 1 N–H and O–H groups in total. The molecule has 1 aliphatic heterocycles. The number of carbonyl (C=O) groups excluding carboxylic acids is 2. The summed E-state index contributed by atoms with van der Waals surface area (Å²) >= 11 is 1.39. The van der Waals surface area contributed by atoms with Crippen molar-refractivity contribution in [2.45, 2.75) is 13.0 Å². The molecule has 8 heteroatoms. The Morgan fingerprint density at radius 2 is 1.81 bits per heavy atom. The van der Waals surface area contributed by atoms with Crippen LogP contribution < -0.4 is 19.7 Å². The SMILES string of the molecule is COc1cc(CN2CCCN(c3cccc(NC(=O)c4cccs4)c3)C2=O)cc(OC)c1. The molecule has 0 atom stereocenters. The number of hydrogen-bond acceptors (Lipinski definition) is 5. The molecule has 1 fully saturated rings. The molecular weight excluding hydrogens is 426 g/mol. The van der Waals surface area contributed by atoms with E-state index in [1.165, 1.54) is 11.3 Å². The average Bonchev–Trinajstić information content (AvgIpc) is 3.35. The van der Waals surface area contributed by atoms with Crippen molar-refractivity contribution in [1.29, 1.82) is 0 Å². The summed E-state index contributed by atoms with van der Waals surface area (Å²) in [5.74, 6) is 1.22.